The molecule has 2 aromatic carbocycles. The van der Waals surface area contributed by atoms with E-state index in [0.29, 0.717) is 5.56 Å². The van der Waals surface area contributed by atoms with Crippen molar-refractivity contribution in [2.24, 2.45) is 0 Å². The lowest BCUT2D eigenvalue weighted by Crippen LogP contribution is -2.20. The summed E-state index contributed by atoms with van der Waals surface area (Å²) in [5.74, 6) is -1.74. The van der Waals surface area contributed by atoms with E-state index < -0.39 is 24.3 Å². The van der Waals surface area contributed by atoms with E-state index in [1.54, 1.807) is 24.3 Å². The summed E-state index contributed by atoms with van der Waals surface area (Å²) >= 11 is 11.8. The van der Waals surface area contributed by atoms with Crippen LogP contribution in [0.25, 0.3) is 6.08 Å². The zero-order valence-electron chi connectivity index (χ0n) is 12.3. The molecule has 0 saturated heterocycles. The maximum atomic E-state index is 13.0. The van der Waals surface area contributed by atoms with E-state index in [1.165, 1.54) is 24.3 Å². The van der Waals surface area contributed by atoms with E-state index in [-0.39, 0.29) is 15.7 Å². The van der Waals surface area contributed by atoms with Crippen molar-refractivity contribution in [1.29, 1.82) is 0 Å². The Morgan fingerprint density at radius 1 is 1.12 bits per heavy atom. The van der Waals surface area contributed by atoms with Gasteiger partial charge < -0.3 is 10.1 Å². The number of anilines is 1. The number of amides is 1. The van der Waals surface area contributed by atoms with E-state index in [1.807, 2.05) is 0 Å². The summed E-state index contributed by atoms with van der Waals surface area (Å²) in [7, 11) is 0. The number of halogens is 3. The number of ether oxygens (including phenoxy) is 1. The molecule has 124 valence electrons. The highest BCUT2D eigenvalue weighted by atomic mass is 35.5. The fraction of sp³-hybridized carbons (Fsp3) is 0.0588. The van der Waals surface area contributed by atoms with E-state index in [0.717, 1.165) is 6.08 Å². The fourth-order valence-corrected chi connectivity index (χ4v) is 2.24. The summed E-state index contributed by atoms with van der Waals surface area (Å²) < 4.78 is 17.8. The van der Waals surface area contributed by atoms with Crippen molar-refractivity contribution in [3.05, 3.63) is 70.0 Å². The first kappa shape index (κ1) is 18.0. The van der Waals surface area contributed by atoms with E-state index in [2.05, 4.69) is 5.32 Å². The normalized spacial score (nSPS) is 10.6. The molecule has 0 atom stereocenters. The van der Waals surface area contributed by atoms with Crippen LogP contribution in [-0.4, -0.2) is 18.5 Å². The van der Waals surface area contributed by atoms with Gasteiger partial charge in [0.15, 0.2) is 6.61 Å². The van der Waals surface area contributed by atoms with Gasteiger partial charge in [-0.25, -0.2) is 9.18 Å². The molecule has 0 bridgehead atoms. The molecular weight excluding hydrogens is 356 g/mol. The summed E-state index contributed by atoms with van der Waals surface area (Å²) in [6.07, 6.45) is 2.48. The second-order valence-corrected chi connectivity index (χ2v) is 5.46. The molecule has 0 aromatic heterocycles. The molecule has 0 spiro atoms. The van der Waals surface area contributed by atoms with Crippen LogP contribution in [0.3, 0.4) is 0 Å². The third-order valence-corrected chi connectivity index (χ3v) is 3.46. The smallest absolute Gasteiger partial charge is 0.331 e. The highest BCUT2D eigenvalue weighted by molar-refractivity contribution is 6.39. The van der Waals surface area contributed by atoms with Gasteiger partial charge in [-0.2, -0.15) is 0 Å². The third kappa shape index (κ3) is 5.37. The lowest BCUT2D eigenvalue weighted by molar-refractivity contribution is -0.142. The Labute approximate surface area is 147 Å². The Balaban J connectivity index is 1.86. The number of carbonyl (C=O) groups is 2. The van der Waals surface area contributed by atoms with Crippen LogP contribution in [0.2, 0.25) is 10.0 Å². The fourth-order valence-electron chi connectivity index (χ4n) is 1.75. The molecule has 4 nitrogen and oxygen atoms in total. The molecule has 2 rings (SSSR count). The number of carbonyl (C=O) groups excluding carboxylic acids is 2. The van der Waals surface area contributed by atoms with Crippen molar-refractivity contribution in [1.82, 2.24) is 0 Å². The Bertz CT molecular complexity index is 773. The first-order chi connectivity index (χ1) is 11.5. The predicted octanol–water partition coefficient (Wildman–Crippen LogP) is 4.33. The van der Waals surface area contributed by atoms with E-state index in [4.69, 9.17) is 27.9 Å². The molecular formula is C17H12Cl2FNO3. The second kappa shape index (κ2) is 8.47. The number of benzene rings is 2. The number of nitrogens with one attached hydrogen (secondary N) is 1. The molecule has 0 heterocycles. The second-order valence-electron chi connectivity index (χ2n) is 4.64. The standard InChI is InChI=1S/C17H12Cl2FNO3/c18-13-5-2-6-14(19)17(13)21-15(22)10-24-16(23)8-7-11-3-1-4-12(20)9-11/h1-9H,10H2,(H,21,22)/b8-7+. The topological polar surface area (TPSA) is 55.4 Å². The van der Waals surface area contributed by atoms with Gasteiger partial charge in [0.25, 0.3) is 5.91 Å². The van der Waals surface area contributed by atoms with Crippen molar-refractivity contribution < 1.29 is 18.7 Å². The molecule has 0 unspecified atom stereocenters. The minimum atomic E-state index is -0.736. The average molecular weight is 368 g/mol. The highest BCUT2D eigenvalue weighted by Gasteiger charge is 2.11. The molecule has 0 aliphatic heterocycles. The van der Waals surface area contributed by atoms with Gasteiger partial charge in [0.2, 0.25) is 0 Å². The van der Waals surface area contributed by atoms with Crippen molar-refractivity contribution in [2.75, 3.05) is 11.9 Å². The Morgan fingerprint density at radius 3 is 2.46 bits per heavy atom. The van der Waals surface area contributed by atoms with Gasteiger partial charge in [0.05, 0.1) is 15.7 Å². The molecule has 7 heteroatoms. The van der Waals surface area contributed by atoms with Crippen LogP contribution in [0.4, 0.5) is 10.1 Å². The molecule has 24 heavy (non-hydrogen) atoms. The lowest BCUT2D eigenvalue weighted by Gasteiger charge is -2.08. The minimum absolute atomic E-state index is 0.247. The van der Waals surface area contributed by atoms with Crippen LogP contribution >= 0.6 is 23.2 Å². The van der Waals surface area contributed by atoms with Crippen LogP contribution in [0.5, 0.6) is 0 Å². The minimum Gasteiger partial charge on any atom is -0.452 e. The Hall–Kier alpha value is -2.37. The summed E-state index contributed by atoms with van der Waals surface area (Å²) in [5.41, 5.74) is 0.747. The van der Waals surface area contributed by atoms with Crippen LogP contribution in [0.1, 0.15) is 5.56 Å². The van der Waals surface area contributed by atoms with Gasteiger partial charge in [-0.05, 0) is 35.9 Å². The van der Waals surface area contributed by atoms with Crippen molar-refractivity contribution >= 4 is 46.8 Å². The van der Waals surface area contributed by atoms with Crippen LogP contribution in [-0.2, 0) is 14.3 Å². The SMILES string of the molecule is O=C(COC(=O)/C=C/c1cccc(F)c1)Nc1c(Cl)cccc1Cl. The summed E-state index contributed by atoms with van der Waals surface area (Å²) in [6, 6.07) is 10.5. The summed E-state index contributed by atoms with van der Waals surface area (Å²) in [4.78, 5) is 23.3. The Kier molecular flexibility index (Phi) is 6.35. The largest absolute Gasteiger partial charge is 0.452 e. The maximum absolute atomic E-state index is 13.0. The molecule has 0 saturated carbocycles. The molecule has 0 fully saturated rings. The molecule has 0 aliphatic rings. The summed E-state index contributed by atoms with van der Waals surface area (Å²) in [6.45, 7) is -0.506. The first-order valence-electron chi connectivity index (χ1n) is 6.80. The molecule has 0 radical (unpaired) electrons. The van der Waals surface area contributed by atoms with Gasteiger partial charge in [0.1, 0.15) is 5.82 Å². The van der Waals surface area contributed by atoms with E-state index in [9.17, 15) is 14.0 Å². The van der Waals surface area contributed by atoms with Gasteiger partial charge in [-0.3, -0.25) is 4.79 Å². The van der Waals surface area contributed by atoms with Crippen LogP contribution < -0.4 is 5.32 Å². The van der Waals surface area contributed by atoms with Crippen molar-refractivity contribution in [2.45, 2.75) is 0 Å². The zero-order valence-corrected chi connectivity index (χ0v) is 13.8. The van der Waals surface area contributed by atoms with Gasteiger partial charge in [-0.15, -0.1) is 0 Å². The first-order valence-corrected chi connectivity index (χ1v) is 7.55. The zero-order chi connectivity index (χ0) is 17.5. The number of para-hydroxylation sites is 1. The van der Waals surface area contributed by atoms with Crippen molar-refractivity contribution in [3.8, 4) is 0 Å². The molecule has 0 aliphatic carbocycles. The highest BCUT2D eigenvalue weighted by Crippen LogP contribution is 2.29. The lowest BCUT2D eigenvalue weighted by atomic mass is 10.2. The predicted molar refractivity (Wildman–Crippen MR) is 91.5 cm³/mol. The van der Waals surface area contributed by atoms with Crippen molar-refractivity contribution in [3.63, 3.8) is 0 Å². The summed E-state index contributed by atoms with van der Waals surface area (Å²) in [5, 5.41) is 3.00. The number of hydrogen-bond acceptors (Lipinski definition) is 3. The number of esters is 1. The maximum Gasteiger partial charge on any atom is 0.331 e. The molecule has 1 amide bonds. The number of hydrogen-bond donors (Lipinski definition) is 1. The number of rotatable bonds is 5. The average Bonchev–Trinajstić information content (AvgIpc) is 2.54. The third-order valence-electron chi connectivity index (χ3n) is 2.83. The van der Waals surface area contributed by atoms with Crippen LogP contribution in [0, 0.1) is 5.82 Å². The molecule has 1 N–H and O–H groups in total. The monoisotopic (exact) mass is 367 g/mol. The van der Waals surface area contributed by atoms with Crippen LogP contribution in [0.15, 0.2) is 48.5 Å². The van der Waals surface area contributed by atoms with Gasteiger partial charge >= 0.3 is 5.97 Å². The van der Waals surface area contributed by atoms with E-state index >= 15 is 0 Å². The quantitative estimate of drug-likeness (QED) is 0.632. The van der Waals surface area contributed by atoms with Gasteiger partial charge in [-0.1, -0.05) is 41.4 Å². The Morgan fingerprint density at radius 2 is 1.79 bits per heavy atom. The molecule has 2 aromatic rings. The van der Waals surface area contributed by atoms with Gasteiger partial charge in [0, 0.05) is 6.08 Å².